The second kappa shape index (κ2) is 6.19. The summed E-state index contributed by atoms with van der Waals surface area (Å²) < 4.78 is 5.58. The Morgan fingerprint density at radius 3 is 2.76 bits per heavy atom. The number of hydrogen-bond acceptors (Lipinski definition) is 3. The predicted octanol–water partition coefficient (Wildman–Crippen LogP) is 3.53. The highest BCUT2D eigenvalue weighted by atomic mass is 16.5. The molecule has 1 heterocycles. The third kappa shape index (κ3) is 2.88. The van der Waals surface area contributed by atoms with Crippen LogP contribution in [0.25, 0.3) is 0 Å². The van der Waals surface area contributed by atoms with Crippen LogP contribution in [0.5, 0.6) is 5.75 Å². The number of rotatable bonds is 5. The van der Waals surface area contributed by atoms with Gasteiger partial charge in [-0.3, -0.25) is 0 Å². The normalized spacial score (nSPS) is 14.4. The molecule has 0 saturated heterocycles. The Morgan fingerprint density at radius 1 is 1.19 bits per heavy atom. The number of ether oxygens (including phenoxy) is 1. The molecule has 3 nitrogen and oxygen atoms in total. The molecule has 1 aliphatic rings. The van der Waals surface area contributed by atoms with Crippen LogP contribution in [0, 0.1) is 0 Å². The summed E-state index contributed by atoms with van der Waals surface area (Å²) in [5, 5.41) is 14.0. The maximum atomic E-state index is 10.6. The fraction of sp³-hybridized carbons (Fsp3) is 0.333. The van der Waals surface area contributed by atoms with E-state index in [1.165, 1.54) is 5.56 Å². The molecule has 2 aromatic rings. The Labute approximate surface area is 125 Å². The van der Waals surface area contributed by atoms with Crippen molar-refractivity contribution in [1.29, 1.82) is 0 Å². The molecule has 2 aromatic carbocycles. The predicted molar refractivity (Wildman–Crippen MR) is 84.9 cm³/mol. The first-order valence-corrected chi connectivity index (χ1v) is 7.56. The highest BCUT2D eigenvalue weighted by Crippen LogP contribution is 2.34. The summed E-state index contributed by atoms with van der Waals surface area (Å²) in [6, 6.07) is 13.8. The Bertz CT molecular complexity index is 607. The molecule has 0 fully saturated rings. The van der Waals surface area contributed by atoms with Gasteiger partial charge in [0, 0.05) is 17.8 Å². The second-order valence-electron chi connectivity index (χ2n) is 5.38. The second-order valence-corrected chi connectivity index (χ2v) is 5.38. The lowest BCUT2D eigenvalue weighted by molar-refractivity contribution is 0.221. The lowest BCUT2D eigenvalue weighted by Crippen LogP contribution is -2.04. The molecule has 2 N–H and O–H groups in total. The van der Waals surface area contributed by atoms with E-state index in [-0.39, 0.29) is 0 Å². The Morgan fingerprint density at radius 2 is 2.00 bits per heavy atom. The number of hydrogen-bond donors (Lipinski definition) is 2. The number of nitrogens with one attached hydrogen (secondary N) is 1. The van der Waals surface area contributed by atoms with Gasteiger partial charge in [-0.15, -0.1) is 0 Å². The van der Waals surface area contributed by atoms with Gasteiger partial charge < -0.3 is 15.2 Å². The summed E-state index contributed by atoms with van der Waals surface area (Å²) in [6.45, 7) is 3.75. The fourth-order valence-electron chi connectivity index (χ4n) is 2.74. The lowest BCUT2D eigenvalue weighted by Gasteiger charge is -2.16. The van der Waals surface area contributed by atoms with Crippen molar-refractivity contribution < 1.29 is 9.84 Å². The average Bonchev–Trinajstić information content (AvgIpc) is 3.01. The monoisotopic (exact) mass is 283 g/mol. The molecular weight excluding hydrogens is 262 g/mol. The van der Waals surface area contributed by atoms with Crippen LogP contribution < -0.4 is 10.1 Å². The number of aliphatic hydroxyl groups excluding tert-OH is 1. The van der Waals surface area contributed by atoms with Crippen LogP contribution in [0.2, 0.25) is 0 Å². The van der Waals surface area contributed by atoms with E-state index in [1.807, 2.05) is 36.4 Å². The van der Waals surface area contributed by atoms with Gasteiger partial charge in [0.05, 0.1) is 6.61 Å². The van der Waals surface area contributed by atoms with Crippen LogP contribution in [0.1, 0.15) is 36.1 Å². The van der Waals surface area contributed by atoms with Gasteiger partial charge in [0.2, 0.25) is 0 Å². The minimum Gasteiger partial charge on any atom is -0.494 e. The zero-order valence-corrected chi connectivity index (χ0v) is 12.3. The Kier molecular flexibility index (Phi) is 4.11. The van der Waals surface area contributed by atoms with Crippen molar-refractivity contribution in [2.75, 3.05) is 18.5 Å². The van der Waals surface area contributed by atoms with Crippen LogP contribution in [0.4, 0.5) is 5.69 Å². The van der Waals surface area contributed by atoms with Gasteiger partial charge in [-0.2, -0.15) is 0 Å². The number of benzene rings is 2. The minimum absolute atomic E-state index is 0.606. The third-order valence-corrected chi connectivity index (χ3v) is 3.84. The van der Waals surface area contributed by atoms with Crippen molar-refractivity contribution in [3.8, 4) is 5.75 Å². The number of anilines is 1. The average molecular weight is 283 g/mol. The molecule has 0 bridgehead atoms. The highest BCUT2D eigenvalue weighted by Gasteiger charge is 2.19. The molecular formula is C18H21NO2. The summed E-state index contributed by atoms with van der Waals surface area (Å²) in [5.74, 6) is 0.851. The van der Waals surface area contributed by atoms with Gasteiger partial charge in [0.1, 0.15) is 11.9 Å². The van der Waals surface area contributed by atoms with Gasteiger partial charge >= 0.3 is 0 Å². The van der Waals surface area contributed by atoms with Gasteiger partial charge in [-0.1, -0.05) is 37.3 Å². The minimum atomic E-state index is -0.606. The topological polar surface area (TPSA) is 41.5 Å². The molecule has 110 valence electrons. The summed E-state index contributed by atoms with van der Waals surface area (Å²) >= 11 is 0. The van der Waals surface area contributed by atoms with E-state index < -0.39 is 6.10 Å². The van der Waals surface area contributed by atoms with Gasteiger partial charge in [-0.25, -0.2) is 0 Å². The third-order valence-electron chi connectivity index (χ3n) is 3.84. The zero-order valence-electron chi connectivity index (χ0n) is 12.3. The van der Waals surface area contributed by atoms with E-state index in [2.05, 4.69) is 18.3 Å². The Hall–Kier alpha value is -2.00. The van der Waals surface area contributed by atoms with Crippen molar-refractivity contribution >= 4 is 5.69 Å². The number of para-hydroxylation sites is 1. The largest absolute Gasteiger partial charge is 0.494 e. The highest BCUT2D eigenvalue weighted by molar-refractivity contribution is 5.63. The molecule has 1 atom stereocenters. The summed E-state index contributed by atoms with van der Waals surface area (Å²) in [4.78, 5) is 0. The first-order valence-electron chi connectivity index (χ1n) is 7.56. The quantitative estimate of drug-likeness (QED) is 0.882. The van der Waals surface area contributed by atoms with Crippen molar-refractivity contribution in [3.05, 3.63) is 59.2 Å². The molecule has 21 heavy (non-hydrogen) atoms. The molecule has 1 aliphatic heterocycles. The molecule has 0 saturated carbocycles. The van der Waals surface area contributed by atoms with Crippen LogP contribution in [0.15, 0.2) is 42.5 Å². The van der Waals surface area contributed by atoms with Crippen LogP contribution >= 0.6 is 0 Å². The smallest absolute Gasteiger partial charge is 0.119 e. The fourth-order valence-corrected chi connectivity index (χ4v) is 2.74. The number of fused-ring (bicyclic) bond motifs is 1. The molecule has 0 aliphatic carbocycles. The molecule has 0 aromatic heterocycles. The maximum absolute atomic E-state index is 10.6. The van der Waals surface area contributed by atoms with Crippen molar-refractivity contribution in [1.82, 2.24) is 0 Å². The van der Waals surface area contributed by atoms with E-state index >= 15 is 0 Å². The Balaban J connectivity index is 1.82. The van der Waals surface area contributed by atoms with Crippen molar-refractivity contribution in [3.63, 3.8) is 0 Å². The zero-order chi connectivity index (χ0) is 14.7. The van der Waals surface area contributed by atoms with Crippen molar-refractivity contribution in [2.45, 2.75) is 25.9 Å². The molecule has 1 unspecified atom stereocenters. The molecule has 3 rings (SSSR count). The van der Waals surface area contributed by atoms with Crippen LogP contribution in [0.3, 0.4) is 0 Å². The molecule has 0 radical (unpaired) electrons. The summed E-state index contributed by atoms with van der Waals surface area (Å²) in [5.41, 5.74) is 4.22. The van der Waals surface area contributed by atoms with E-state index in [0.717, 1.165) is 48.6 Å². The van der Waals surface area contributed by atoms with Crippen LogP contribution in [-0.4, -0.2) is 18.3 Å². The van der Waals surface area contributed by atoms with E-state index in [9.17, 15) is 5.11 Å². The van der Waals surface area contributed by atoms with Crippen molar-refractivity contribution in [2.24, 2.45) is 0 Å². The summed E-state index contributed by atoms with van der Waals surface area (Å²) in [7, 11) is 0. The molecule has 0 spiro atoms. The SMILES string of the molecule is CCCOc1ccc(C(O)c2cccc3c2NCC3)cc1. The first-order chi connectivity index (χ1) is 10.3. The lowest BCUT2D eigenvalue weighted by atomic mass is 9.97. The number of aliphatic hydroxyl groups is 1. The van der Waals surface area contributed by atoms with Gasteiger partial charge in [0.25, 0.3) is 0 Å². The van der Waals surface area contributed by atoms with E-state index in [0.29, 0.717) is 0 Å². The van der Waals surface area contributed by atoms with E-state index in [4.69, 9.17) is 4.74 Å². The first kappa shape index (κ1) is 14.0. The molecule has 0 amide bonds. The van der Waals surface area contributed by atoms with Gasteiger partial charge in [-0.05, 0) is 36.1 Å². The van der Waals surface area contributed by atoms with Gasteiger partial charge in [0.15, 0.2) is 0 Å². The maximum Gasteiger partial charge on any atom is 0.119 e. The van der Waals surface area contributed by atoms with Crippen LogP contribution in [-0.2, 0) is 6.42 Å². The van der Waals surface area contributed by atoms with E-state index in [1.54, 1.807) is 0 Å². The summed E-state index contributed by atoms with van der Waals surface area (Å²) in [6.07, 6.45) is 1.41. The standard InChI is InChI=1S/C18H21NO2/c1-2-12-21-15-8-6-14(7-9-15)18(20)16-5-3-4-13-10-11-19-17(13)16/h3-9,18-20H,2,10-12H2,1H3. The molecule has 3 heteroatoms.